The average molecular weight is 851 g/mol. The molecule has 0 saturated carbocycles. The van der Waals surface area contributed by atoms with Crippen molar-refractivity contribution in [3.63, 3.8) is 0 Å². The van der Waals surface area contributed by atoms with Gasteiger partial charge in [-0.05, 0) is 84.6 Å². The molecule has 2 aromatic heterocycles. The molecular weight excluding hydrogens is 810 g/mol. The van der Waals surface area contributed by atoms with Gasteiger partial charge in [0.15, 0.2) is 0 Å². The van der Waals surface area contributed by atoms with Crippen LogP contribution in [0.15, 0.2) is 202 Å². The summed E-state index contributed by atoms with van der Waals surface area (Å²) in [5.74, 6) is 1.03. The lowest BCUT2D eigenvalue weighted by Gasteiger charge is -2.23. The van der Waals surface area contributed by atoms with Crippen molar-refractivity contribution in [1.82, 2.24) is 19.1 Å². The molecule has 0 fully saturated rings. The average Bonchev–Trinajstić information content (AvgIpc) is 3.28. The highest BCUT2D eigenvalue weighted by atomic mass is 79.9. The molecule has 0 aliphatic carbocycles. The molecule has 0 saturated heterocycles. The lowest BCUT2D eigenvalue weighted by atomic mass is 9.98. The molecule has 0 atom stereocenters. The maximum Gasteiger partial charge on any atom is 0.262 e. The summed E-state index contributed by atoms with van der Waals surface area (Å²) in [5, 5.41) is 3.97. The molecule has 2 heterocycles. The molecular formula is C51H40BrN5O3. The third-order valence-corrected chi connectivity index (χ3v) is 10.9. The van der Waals surface area contributed by atoms with Gasteiger partial charge in [0, 0.05) is 15.7 Å². The number of amides is 1. The Balaban J connectivity index is 0.000000172. The maximum atomic E-state index is 13.7. The molecule has 9 aromatic rings. The fourth-order valence-corrected chi connectivity index (χ4v) is 7.94. The Bertz CT molecular complexity index is 2970. The molecule has 0 radical (unpaired) electrons. The quantitative estimate of drug-likeness (QED) is 0.164. The fourth-order valence-electron chi connectivity index (χ4n) is 7.59. The van der Waals surface area contributed by atoms with Crippen molar-refractivity contribution in [1.29, 1.82) is 0 Å². The van der Waals surface area contributed by atoms with Crippen molar-refractivity contribution >= 4 is 49.3 Å². The number of benzene rings is 7. The number of halogens is 1. The number of aryl methyl sites for hydroxylation is 2. The number of carbonyl (C=O) groups excluding carboxylic acids is 1. The van der Waals surface area contributed by atoms with E-state index in [2.05, 4.69) is 45.5 Å². The van der Waals surface area contributed by atoms with Gasteiger partial charge in [0.2, 0.25) is 0 Å². The molecule has 60 heavy (non-hydrogen) atoms. The Morgan fingerprint density at radius 2 is 0.867 bits per heavy atom. The highest BCUT2D eigenvalue weighted by Crippen LogP contribution is 2.29. The predicted octanol–water partition coefficient (Wildman–Crippen LogP) is 10.7. The third kappa shape index (κ3) is 8.34. The normalized spacial score (nSPS) is 11.1. The Labute approximate surface area is 355 Å². The van der Waals surface area contributed by atoms with Crippen molar-refractivity contribution in [2.75, 3.05) is 5.32 Å². The Morgan fingerprint density at radius 1 is 0.500 bits per heavy atom. The van der Waals surface area contributed by atoms with Gasteiger partial charge in [-0.25, -0.2) is 9.97 Å². The van der Waals surface area contributed by atoms with Gasteiger partial charge in [-0.2, -0.15) is 0 Å². The summed E-state index contributed by atoms with van der Waals surface area (Å²) in [4.78, 5) is 49.3. The number of hydrogen-bond acceptors (Lipinski definition) is 5. The number of nitrogens with one attached hydrogen (secondary N) is 1. The topological polar surface area (TPSA) is 98.9 Å². The summed E-state index contributed by atoms with van der Waals surface area (Å²) >= 11 is 3.45. The van der Waals surface area contributed by atoms with Gasteiger partial charge in [0.05, 0.1) is 33.9 Å². The second-order valence-electron chi connectivity index (χ2n) is 14.3. The minimum Gasteiger partial charge on any atom is -0.322 e. The summed E-state index contributed by atoms with van der Waals surface area (Å²) in [6.45, 7) is 3.72. The van der Waals surface area contributed by atoms with Crippen molar-refractivity contribution in [3.05, 3.63) is 253 Å². The molecule has 294 valence electrons. The lowest BCUT2D eigenvalue weighted by Crippen LogP contribution is -2.29. The lowest BCUT2D eigenvalue weighted by molar-refractivity contribution is 0.102. The fraction of sp³-hybridized carbons (Fsp3) is 0.0784. The van der Waals surface area contributed by atoms with Gasteiger partial charge in [0.1, 0.15) is 11.6 Å². The first kappa shape index (κ1) is 39.6. The van der Waals surface area contributed by atoms with E-state index in [0.717, 1.165) is 26.7 Å². The molecule has 9 rings (SSSR count). The third-order valence-electron chi connectivity index (χ3n) is 10.4. The van der Waals surface area contributed by atoms with Crippen LogP contribution in [-0.2, 0) is 0 Å². The van der Waals surface area contributed by atoms with Crippen LogP contribution in [0.5, 0.6) is 0 Å². The number of hydrogen-bond donors (Lipinski definition) is 1. The van der Waals surface area contributed by atoms with Gasteiger partial charge < -0.3 is 5.32 Å². The second kappa shape index (κ2) is 17.7. The maximum absolute atomic E-state index is 13.7. The van der Waals surface area contributed by atoms with E-state index in [1.807, 2.05) is 159 Å². The first-order valence-corrected chi connectivity index (χ1v) is 20.3. The number of para-hydroxylation sites is 1. The van der Waals surface area contributed by atoms with E-state index in [-0.39, 0.29) is 29.1 Å². The van der Waals surface area contributed by atoms with Gasteiger partial charge in [-0.1, -0.05) is 155 Å². The molecule has 1 amide bonds. The number of fused-ring (bicyclic) bond motifs is 2. The van der Waals surface area contributed by atoms with Crippen LogP contribution in [0.3, 0.4) is 0 Å². The van der Waals surface area contributed by atoms with Crippen LogP contribution in [0.2, 0.25) is 0 Å². The summed E-state index contributed by atoms with van der Waals surface area (Å²) in [7, 11) is 0. The number of rotatable bonds is 8. The monoisotopic (exact) mass is 849 g/mol. The Kier molecular flexibility index (Phi) is 11.7. The van der Waals surface area contributed by atoms with E-state index in [0.29, 0.717) is 44.7 Å². The smallest absolute Gasteiger partial charge is 0.262 e. The predicted molar refractivity (Wildman–Crippen MR) is 244 cm³/mol. The molecule has 7 aromatic carbocycles. The Hall–Kier alpha value is -7.23. The summed E-state index contributed by atoms with van der Waals surface area (Å²) < 4.78 is 4.44. The van der Waals surface area contributed by atoms with Gasteiger partial charge in [0.25, 0.3) is 17.0 Å². The molecule has 0 unspecified atom stereocenters. The van der Waals surface area contributed by atoms with E-state index < -0.39 is 0 Å². The largest absolute Gasteiger partial charge is 0.322 e. The minimum absolute atomic E-state index is 0.0299. The second-order valence-corrected chi connectivity index (χ2v) is 15.2. The highest BCUT2D eigenvalue weighted by Gasteiger charge is 2.23. The van der Waals surface area contributed by atoms with Gasteiger partial charge >= 0.3 is 0 Å². The molecule has 0 bridgehead atoms. The van der Waals surface area contributed by atoms with Crippen LogP contribution < -0.4 is 16.4 Å². The number of aromatic nitrogens is 4. The minimum atomic E-state index is -0.312. The number of nitrogens with zero attached hydrogens (tertiary/aromatic N) is 4. The standard InChI is InChI=1S/C29H23N3O2.C22H17BrN2O/c1-20-30-26-19-23(28(33)31-24-15-9-4-10-16-24)17-18-25(26)29(34)32(20)27(21-11-5-2-6-12-21)22-13-7-3-8-14-22;1-15-24-20-14-18(23)12-13-19(20)22(26)25(15)21(16-8-4-2-5-9-16)17-10-6-3-7-11-17/h2-19,27H,1H3,(H,31,33);2-14,21H,1H3. The zero-order chi connectivity index (χ0) is 41.6. The van der Waals surface area contributed by atoms with Crippen LogP contribution >= 0.6 is 15.9 Å². The van der Waals surface area contributed by atoms with Crippen molar-refractivity contribution in [2.24, 2.45) is 0 Å². The molecule has 9 heteroatoms. The first-order chi connectivity index (χ1) is 29.3. The summed E-state index contributed by atoms with van der Waals surface area (Å²) in [5.41, 5.74) is 6.30. The molecule has 0 aliphatic heterocycles. The number of carbonyl (C=O) groups is 1. The summed E-state index contributed by atoms with van der Waals surface area (Å²) in [6, 6.07) is 59.4. The SMILES string of the molecule is Cc1nc2cc(Br)ccc2c(=O)n1C(c1ccccc1)c1ccccc1.Cc1nc2cc(C(=O)Nc3ccccc3)ccc2c(=O)n1C(c1ccccc1)c1ccccc1. The van der Waals surface area contributed by atoms with Gasteiger partial charge in [-0.3, -0.25) is 23.5 Å². The van der Waals surface area contributed by atoms with Gasteiger partial charge in [-0.15, -0.1) is 0 Å². The molecule has 8 nitrogen and oxygen atoms in total. The molecule has 0 spiro atoms. The zero-order valence-corrected chi connectivity index (χ0v) is 34.5. The Morgan fingerprint density at radius 3 is 1.28 bits per heavy atom. The summed E-state index contributed by atoms with van der Waals surface area (Å²) in [6.07, 6.45) is 0. The van der Waals surface area contributed by atoms with Crippen molar-refractivity contribution in [2.45, 2.75) is 25.9 Å². The van der Waals surface area contributed by atoms with E-state index in [1.54, 1.807) is 27.3 Å². The molecule has 0 aliphatic rings. The zero-order valence-electron chi connectivity index (χ0n) is 32.9. The first-order valence-electron chi connectivity index (χ1n) is 19.5. The van der Waals surface area contributed by atoms with E-state index >= 15 is 0 Å². The van der Waals surface area contributed by atoms with E-state index in [9.17, 15) is 14.4 Å². The van der Waals surface area contributed by atoms with Crippen LogP contribution in [0, 0.1) is 13.8 Å². The van der Waals surface area contributed by atoms with Crippen LogP contribution in [0.4, 0.5) is 5.69 Å². The van der Waals surface area contributed by atoms with Crippen LogP contribution in [0.1, 0.15) is 56.3 Å². The van der Waals surface area contributed by atoms with Crippen LogP contribution in [0.25, 0.3) is 21.8 Å². The molecule has 1 N–H and O–H groups in total. The van der Waals surface area contributed by atoms with E-state index in [4.69, 9.17) is 9.97 Å². The van der Waals surface area contributed by atoms with Crippen molar-refractivity contribution in [3.8, 4) is 0 Å². The van der Waals surface area contributed by atoms with E-state index in [1.165, 1.54) is 0 Å². The highest BCUT2D eigenvalue weighted by molar-refractivity contribution is 9.10. The number of anilines is 1. The van der Waals surface area contributed by atoms with Crippen LogP contribution in [-0.4, -0.2) is 25.0 Å². The van der Waals surface area contributed by atoms with Crippen molar-refractivity contribution < 1.29 is 4.79 Å².